The minimum Gasteiger partial charge on any atom is -0.451 e. The first-order chi connectivity index (χ1) is 12.9. The molecule has 4 rings (SSSR count). The summed E-state index contributed by atoms with van der Waals surface area (Å²) in [4.78, 5) is 32.6. The van der Waals surface area contributed by atoms with Crippen LogP contribution in [0.5, 0.6) is 0 Å². The fourth-order valence-corrected chi connectivity index (χ4v) is 3.02. The first-order valence-electron chi connectivity index (χ1n) is 8.79. The maximum Gasteiger partial charge on any atom is 0.291 e. The summed E-state index contributed by atoms with van der Waals surface area (Å²) >= 11 is 0. The number of aryl methyl sites for hydroxylation is 3. The number of rotatable bonds is 3. The van der Waals surface area contributed by atoms with Gasteiger partial charge in [-0.1, -0.05) is 6.92 Å². The third-order valence-corrected chi connectivity index (χ3v) is 4.69. The van der Waals surface area contributed by atoms with Gasteiger partial charge < -0.3 is 14.7 Å². The largest absolute Gasteiger partial charge is 0.451 e. The minimum absolute atomic E-state index is 0.0188. The van der Waals surface area contributed by atoms with Crippen LogP contribution in [-0.4, -0.2) is 15.9 Å². The molecule has 0 atom stereocenters. The summed E-state index contributed by atoms with van der Waals surface area (Å²) in [6, 6.07) is 10.2. The van der Waals surface area contributed by atoms with Crippen molar-refractivity contribution in [3.63, 3.8) is 0 Å². The van der Waals surface area contributed by atoms with Crippen LogP contribution in [0.2, 0.25) is 0 Å². The zero-order valence-electron chi connectivity index (χ0n) is 15.3. The molecule has 0 aliphatic heterocycles. The minimum atomic E-state index is -0.471. The number of nitrogens with one attached hydrogen (secondary N) is 2. The number of aromatic nitrogens is 2. The predicted molar refractivity (Wildman–Crippen MR) is 105 cm³/mol. The van der Waals surface area contributed by atoms with E-state index in [-0.39, 0.29) is 11.2 Å². The average Bonchev–Trinajstić information content (AvgIpc) is 3.05. The fourth-order valence-electron chi connectivity index (χ4n) is 3.02. The molecule has 4 aromatic rings. The van der Waals surface area contributed by atoms with Gasteiger partial charge in [-0.3, -0.25) is 9.59 Å². The number of aromatic amines is 1. The number of benzene rings is 2. The van der Waals surface area contributed by atoms with E-state index in [9.17, 15) is 9.59 Å². The van der Waals surface area contributed by atoms with E-state index in [2.05, 4.69) is 15.3 Å². The van der Waals surface area contributed by atoms with Crippen molar-refractivity contribution in [3.05, 3.63) is 69.3 Å². The summed E-state index contributed by atoms with van der Waals surface area (Å²) in [5, 5.41) is 3.25. The fraction of sp³-hybridized carbons (Fsp3) is 0.190. The van der Waals surface area contributed by atoms with E-state index in [0.29, 0.717) is 16.7 Å². The second kappa shape index (κ2) is 6.39. The molecule has 0 saturated carbocycles. The van der Waals surface area contributed by atoms with E-state index < -0.39 is 5.91 Å². The third kappa shape index (κ3) is 3.10. The van der Waals surface area contributed by atoms with Crippen molar-refractivity contribution < 1.29 is 9.21 Å². The Bertz CT molecular complexity index is 1250. The van der Waals surface area contributed by atoms with Crippen molar-refractivity contribution in [2.24, 2.45) is 0 Å². The third-order valence-electron chi connectivity index (χ3n) is 4.69. The standard InChI is InChI=1S/C21H19N3O3/c1-4-20-23-15-6-5-13(9-16(15)24-20)22-21(26)19-10-17(25)14-7-11(2)12(3)8-18(14)27-19/h5-10H,4H2,1-3H3,(H,22,26)(H,23,24). The van der Waals surface area contributed by atoms with Gasteiger partial charge >= 0.3 is 0 Å². The Morgan fingerprint density at radius 3 is 2.70 bits per heavy atom. The first-order valence-corrected chi connectivity index (χ1v) is 8.79. The lowest BCUT2D eigenvalue weighted by Gasteiger charge is -2.07. The van der Waals surface area contributed by atoms with Crippen LogP contribution in [-0.2, 0) is 6.42 Å². The topological polar surface area (TPSA) is 88.0 Å². The smallest absolute Gasteiger partial charge is 0.291 e. The number of H-pyrrole nitrogens is 1. The number of fused-ring (bicyclic) bond motifs is 2. The van der Waals surface area contributed by atoms with E-state index in [1.54, 1.807) is 18.2 Å². The summed E-state index contributed by atoms with van der Waals surface area (Å²) in [7, 11) is 0. The van der Waals surface area contributed by atoms with E-state index >= 15 is 0 Å². The van der Waals surface area contributed by atoms with Crippen LogP contribution in [0.25, 0.3) is 22.0 Å². The number of nitrogens with zero attached hydrogens (tertiary/aromatic N) is 1. The molecule has 0 aliphatic rings. The Hall–Kier alpha value is -3.41. The molecule has 6 nitrogen and oxygen atoms in total. The molecule has 0 unspecified atom stereocenters. The molecule has 27 heavy (non-hydrogen) atoms. The highest BCUT2D eigenvalue weighted by molar-refractivity contribution is 6.03. The molecule has 1 amide bonds. The van der Waals surface area contributed by atoms with Crippen molar-refractivity contribution in [1.82, 2.24) is 9.97 Å². The average molecular weight is 361 g/mol. The Morgan fingerprint density at radius 1 is 1.15 bits per heavy atom. The van der Waals surface area contributed by atoms with Crippen LogP contribution < -0.4 is 10.7 Å². The van der Waals surface area contributed by atoms with Crippen LogP contribution >= 0.6 is 0 Å². The summed E-state index contributed by atoms with van der Waals surface area (Å²) in [5.41, 5.74) is 4.46. The summed E-state index contributed by atoms with van der Waals surface area (Å²) < 4.78 is 5.69. The number of amides is 1. The number of anilines is 1. The number of imidazole rings is 1. The zero-order chi connectivity index (χ0) is 19.1. The van der Waals surface area contributed by atoms with Crippen molar-refractivity contribution in [3.8, 4) is 0 Å². The zero-order valence-corrected chi connectivity index (χ0v) is 15.3. The second-order valence-electron chi connectivity index (χ2n) is 6.63. The number of hydrogen-bond acceptors (Lipinski definition) is 4. The molecule has 0 saturated heterocycles. The van der Waals surface area contributed by atoms with Crippen molar-refractivity contribution >= 4 is 33.6 Å². The van der Waals surface area contributed by atoms with E-state index in [1.165, 1.54) is 6.07 Å². The van der Waals surface area contributed by atoms with E-state index in [4.69, 9.17) is 4.42 Å². The van der Waals surface area contributed by atoms with Gasteiger partial charge in [-0.25, -0.2) is 4.98 Å². The Labute approximate surface area is 155 Å². The quantitative estimate of drug-likeness (QED) is 0.575. The SMILES string of the molecule is CCc1nc2ccc(NC(=O)c3cc(=O)c4cc(C)c(C)cc4o3)cc2[nH]1. The predicted octanol–water partition coefficient (Wildman–Crippen LogP) is 4.10. The van der Waals surface area contributed by atoms with Gasteiger partial charge in [0, 0.05) is 18.2 Å². The van der Waals surface area contributed by atoms with Gasteiger partial charge in [-0.2, -0.15) is 0 Å². The van der Waals surface area contributed by atoms with Gasteiger partial charge in [-0.15, -0.1) is 0 Å². The molecule has 136 valence electrons. The Balaban J connectivity index is 1.68. The Kier molecular flexibility index (Phi) is 4.03. The first kappa shape index (κ1) is 17.0. The molecule has 2 N–H and O–H groups in total. The molecular weight excluding hydrogens is 342 g/mol. The molecule has 2 aromatic heterocycles. The van der Waals surface area contributed by atoms with E-state index in [1.807, 2.05) is 32.9 Å². The van der Waals surface area contributed by atoms with Crippen LogP contribution in [0.15, 0.2) is 45.6 Å². The van der Waals surface area contributed by atoms with Crippen LogP contribution in [0, 0.1) is 13.8 Å². The lowest BCUT2D eigenvalue weighted by atomic mass is 10.1. The second-order valence-corrected chi connectivity index (χ2v) is 6.63. The molecule has 6 heteroatoms. The molecule has 0 aliphatic carbocycles. The highest BCUT2D eigenvalue weighted by atomic mass is 16.3. The highest BCUT2D eigenvalue weighted by Crippen LogP contribution is 2.20. The number of carbonyl (C=O) groups excluding carboxylic acids is 1. The molecule has 0 bridgehead atoms. The van der Waals surface area contributed by atoms with Crippen molar-refractivity contribution in [2.75, 3.05) is 5.32 Å². The number of carbonyl (C=O) groups is 1. The highest BCUT2D eigenvalue weighted by Gasteiger charge is 2.14. The molecule has 0 fully saturated rings. The van der Waals surface area contributed by atoms with Crippen LogP contribution in [0.4, 0.5) is 5.69 Å². The summed E-state index contributed by atoms with van der Waals surface area (Å²) in [5.74, 6) is 0.399. The van der Waals surface area contributed by atoms with Gasteiger partial charge in [-0.05, 0) is 55.3 Å². The number of hydrogen-bond donors (Lipinski definition) is 2. The molecule has 2 aromatic carbocycles. The van der Waals surface area contributed by atoms with Gasteiger partial charge in [0.05, 0.1) is 16.4 Å². The monoisotopic (exact) mass is 361 g/mol. The van der Waals surface area contributed by atoms with Gasteiger partial charge in [0.1, 0.15) is 11.4 Å². The molecule has 0 radical (unpaired) electrons. The summed E-state index contributed by atoms with van der Waals surface area (Å²) in [6.07, 6.45) is 0.803. The lowest BCUT2D eigenvalue weighted by molar-refractivity contribution is 0.0997. The Morgan fingerprint density at radius 2 is 1.93 bits per heavy atom. The van der Waals surface area contributed by atoms with Crippen molar-refractivity contribution in [1.29, 1.82) is 0 Å². The van der Waals surface area contributed by atoms with Crippen LogP contribution in [0.3, 0.4) is 0 Å². The van der Waals surface area contributed by atoms with Gasteiger partial charge in [0.2, 0.25) is 0 Å². The van der Waals surface area contributed by atoms with E-state index in [0.717, 1.165) is 34.4 Å². The molecular formula is C21H19N3O3. The molecule has 0 spiro atoms. The maximum atomic E-state index is 12.6. The van der Waals surface area contributed by atoms with Crippen LogP contribution in [0.1, 0.15) is 34.4 Å². The normalized spacial score (nSPS) is 11.2. The van der Waals surface area contributed by atoms with Gasteiger partial charge in [0.15, 0.2) is 11.2 Å². The lowest BCUT2D eigenvalue weighted by Crippen LogP contribution is -2.15. The van der Waals surface area contributed by atoms with Gasteiger partial charge in [0.25, 0.3) is 5.91 Å². The maximum absolute atomic E-state index is 12.6. The summed E-state index contributed by atoms with van der Waals surface area (Å²) in [6.45, 7) is 5.89. The van der Waals surface area contributed by atoms with Crippen molar-refractivity contribution in [2.45, 2.75) is 27.2 Å². The molecule has 2 heterocycles.